The van der Waals surface area contributed by atoms with E-state index in [0.717, 1.165) is 80.9 Å². The molecule has 5 aromatic rings. The smallest absolute Gasteiger partial charge is 0.407 e. The molecule has 16 heteroatoms. The molecule has 2 fully saturated rings. The second-order valence-electron chi connectivity index (χ2n) is 15.5. The molecule has 2 aromatic carbocycles. The SMILES string of the molecule is COC(=O)NCC(C)CC(=O)N1CCCC1c1ncc(-c2ccc(-c3ncc(-c4ccc(-c5cnc(C6CCCN6C(=O)C(NC(=O)OC)C(C)C)[nH]5)cc4)s3)cc2)[nH]1. The van der Waals surface area contributed by atoms with Crippen LogP contribution in [0, 0.1) is 11.8 Å². The number of aromatic nitrogens is 5. The van der Waals surface area contributed by atoms with Gasteiger partial charge in [0.2, 0.25) is 11.8 Å². The van der Waals surface area contributed by atoms with E-state index in [2.05, 4.69) is 83.8 Å². The molecule has 4 amide bonds. The van der Waals surface area contributed by atoms with Crippen molar-refractivity contribution in [3.8, 4) is 43.5 Å². The standard InChI is InChI=1S/C43H51N9O6S/c1-25(2)37(50-43(56)58-5)41(54)52-19-7-9-34(52)39-45-23-31(49-39)27-10-14-29(15-11-27)35-24-46-40(59-35)30-16-12-28(13-17-30)32-22-44-38(48-32)33-8-6-18-51(33)36(53)20-26(3)21-47-42(55)57-4/h10-17,22-26,33-34,37H,6-9,18-21H2,1-5H3,(H,44,48)(H,45,49)(H,47,55)(H,50,56). The number of nitrogens with one attached hydrogen (secondary N) is 4. The first kappa shape index (κ1) is 41.1. The van der Waals surface area contributed by atoms with Crippen molar-refractivity contribution in [2.45, 2.75) is 71.0 Å². The number of rotatable bonds is 13. The molecule has 310 valence electrons. The first-order valence-corrected chi connectivity index (χ1v) is 20.9. The van der Waals surface area contributed by atoms with Gasteiger partial charge in [-0.1, -0.05) is 69.3 Å². The topological polar surface area (TPSA) is 188 Å². The number of alkyl carbamates (subject to hydrolysis) is 2. The third-order valence-electron chi connectivity index (χ3n) is 11.1. The van der Waals surface area contributed by atoms with Crippen molar-refractivity contribution < 1.29 is 28.7 Å². The molecule has 4 atom stereocenters. The lowest BCUT2D eigenvalue weighted by atomic mass is 10.0. The van der Waals surface area contributed by atoms with Gasteiger partial charge >= 0.3 is 12.2 Å². The van der Waals surface area contributed by atoms with Crippen LogP contribution < -0.4 is 10.6 Å². The largest absolute Gasteiger partial charge is 0.453 e. The van der Waals surface area contributed by atoms with Crippen molar-refractivity contribution in [2.24, 2.45) is 11.8 Å². The van der Waals surface area contributed by atoms with Crippen LogP contribution in [-0.2, 0) is 19.1 Å². The fourth-order valence-corrected chi connectivity index (χ4v) is 8.74. The zero-order chi connectivity index (χ0) is 41.6. The van der Waals surface area contributed by atoms with Crippen molar-refractivity contribution in [3.63, 3.8) is 0 Å². The highest BCUT2D eigenvalue weighted by Crippen LogP contribution is 2.37. The number of H-pyrrole nitrogens is 2. The first-order chi connectivity index (χ1) is 28.5. The molecule has 0 aliphatic carbocycles. The van der Waals surface area contributed by atoms with Crippen LogP contribution in [-0.4, -0.2) is 98.6 Å². The number of methoxy groups -OCH3 is 2. The molecule has 2 saturated heterocycles. The Morgan fingerprint density at radius 1 is 0.746 bits per heavy atom. The van der Waals surface area contributed by atoms with Gasteiger partial charge in [-0.15, -0.1) is 11.3 Å². The lowest BCUT2D eigenvalue weighted by Crippen LogP contribution is -2.51. The highest BCUT2D eigenvalue weighted by Gasteiger charge is 2.38. The summed E-state index contributed by atoms with van der Waals surface area (Å²) in [6.45, 7) is 7.39. The summed E-state index contributed by atoms with van der Waals surface area (Å²) < 4.78 is 9.39. The number of thiazole rings is 1. The van der Waals surface area contributed by atoms with Crippen molar-refractivity contribution in [3.05, 3.63) is 78.8 Å². The van der Waals surface area contributed by atoms with Gasteiger partial charge in [-0.05, 0) is 54.2 Å². The third kappa shape index (κ3) is 9.32. The molecule has 4 N–H and O–H groups in total. The monoisotopic (exact) mass is 821 g/mol. The maximum absolute atomic E-state index is 13.5. The Kier molecular flexibility index (Phi) is 12.7. The lowest BCUT2D eigenvalue weighted by molar-refractivity contribution is -0.135. The highest BCUT2D eigenvalue weighted by atomic mass is 32.1. The van der Waals surface area contributed by atoms with Crippen LogP contribution in [0.3, 0.4) is 0 Å². The van der Waals surface area contributed by atoms with Crippen LogP contribution in [0.15, 0.2) is 67.1 Å². The van der Waals surface area contributed by atoms with Crippen molar-refractivity contribution in [1.82, 2.24) is 45.4 Å². The van der Waals surface area contributed by atoms with Gasteiger partial charge in [-0.3, -0.25) is 9.59 Å². The van der Waals surface area contributed by atoms with Gasteiger partial charge in [-0.25, -0.2) is 24.5 Å². The van der Waals surface area contributed by atoms with Crippen molar-refractivity contribution in [2.75, 3.05) is 33.9 Å². The Balaban J connectivity index is 0.965. The summed E-state index contributed by atoms with van der Waals surface area (Å²) in [5.74, 6) is 1.28. The second kappa shape index (κ2) is 18.3. The van der Waals surface area contributed by atoms with Gasteiger partial charge in [0.05, 0.1) is 55.0 Å². The number of imidazole rings is 2. The summed E-state index contributed by atoms with van der Waals surface area (Å²) in [6, 6.07) is 15.5. The number of benzene rings is 2. The van der Waals surface area contributed by atoms with Gasteiger partial charge in [0.1, 0.15) is 22.7 Å². The average Bonchev–Trinajstić information content (AvgIpc) is 4.10. The van der Waals surface area contributed by atoms with Crippen molar-refractivity contribution in [1.29, 1.82) is 0 Å². The molecule has 2 aliphatic rings. The lowest BCUT2D eigenvalue weighted by Gasteiger charge is -2.30. The molecule has 0 bridgehead atoms. The molecular weight excluding hydrogens is 771 g/mol. The minimum Gasteiger partial charge on any atom is -0.453 e. The molecular formula is C43H51N9O6S. The molecule has 7 rings (SSSR count). The van der Waals surface area contributed by atoms with Gasteiger partial charge in [0.25, 0.3) is 0 Å². The number of carbonyl (C=O) groups excluding carboxylic acids is 4. The van der Waals surface area contributed by atoms with Crippen LogP contribution in [0.25, 0.3) is 43.5 Å². The first-order valence-electron chi connectivity index (χ1n) is 20.1. The van der Waals surface area contributed by atoms with E-state index in [4.69, 9.17) is 9.72 Å². The predicted octanol–water partition coefficient (Wildman–Crippen LogP) is 7.35. The minimum absolute atomic E-state index is 0.0235. The zero-order valence-electron chi connectivity index (χ0n) is 34.0. The van der Waals surface area contributed by atoms with Crippen LogP contribution >= 0.6 is 11.3 Å². The molecule has 0 radical (unpaired) electrons. The second-order valence-corrected chi connectivity index (χ2v) is 16.6. The van der Waals surface area contributed by atoms with E-state index in [1.54, 1.807) is 17.5 Å². The summed E-state index contributed by atoms with van der Waals surface area (Å²) >= 11 is 1.62. The summed E-state index contributed by atoms with van der Waals surface area (Å²) in [7, 11) is 2.61. The van der Waals surface area contributed by atoms with E-state index in [1.165, 1.54) is 14.2 Å². The summed E-state index contributed by atoms with van der Waals surface area (Å²) in [6.07, 6.45) is 8.11. The fraction of sp³-hybridized carbons (Fsp3) is 0.419. The van der Waals surface area contributed by atoms with Gasteiger partial charge in [0.15, 0.2) is 0 Å². The molecule has 59 heavy (non-hydrogen) atoms. The predicted molar refractivity (Wildman–Crippen MR) is 224 cm³/mol. The number of ether oxygens (including phenoxy) is 2. The molecule has 4 unspecified atom stereocenters. The number of nitrogens with zero attached hydrogens (tertiary/aromatic N) is 5. The van der Waals surface area contributed by atoms with Gasteiger partial charge in [-0.2, -0.15) is 0 Å². The Bertz CT molecular complexity index is 2250. The van der Waals surface area contributed by atoms with Crippen LogP contribution in [0.4, 0.5) is 9.59 Å². The summed E-state index contributed by atoms with van der Waals surface area (Å²) in [5, 5.41) is 6.27. The fourth-order valence-electron chi connectivity index (χ4n) is 7.81. The average molecular weight is 822 g/mol. The number of carbonyl (C=O) groups is 4. The Morgan fingerprint density at radius 3 is 1.86 bits per heavy atom. The number of hydrogen-bond donors (Lipinski definition) is 4. The maximum Gasteiger partial charge on any atom is 0.407 e. The third-order valence-corrected chi connectivity index (χ3v) is 12.2. The molecule has 0 saturated carbocycles. The Hall–Kier alpha value is -6.03. The van der Waals surface area contributed by atoms with Crippen LogP contribution in [0.1, 0.15) is 76.6 Å². The van der Waals surface area contributed by atoms with E-state index in [-0.39, 0.29) is 35.7 Å². The number of hydrogen-bond acceptors (Lipinski definition) is 10. The molecule has 5 heterocycles. The van der Waals surface area contributed by atoms with Gasteiger partial charge in [0, 0.05) is 37.8 Å². The number of amides is 4. The summed E-state index contributed by atoms with van der Waals surface area (Å²) in [4.78, 5) is 75.9. The number of aromatic amines is 2. The Morgan fingerprint density at radius 2 is 1.29 bits per heavy atom. The van der Waals surface area contributed by atoms with Crippen LogP contribution in [0.2, 0.25) is 0 Å². The van der Waals surface area contributed by atoms with E-state index in [0.29, 0.717) is 26.1 Å². The maximum atomic E-state index is 13.5. The van der Waals surface area contributed by atoms with Crippen molar-refractivity contribution >= 4 is 35.3 Å². The molecule has 3 aromatic heterocycles. The van der Waals surface area contributed by atoms with Crippen LogP contribution in [0.5, 0.6) is 0 Å². The normalized spacial score (nSPS) is 17.5. The minimum atomic E-state index is -0.687. The molecule has 0 spiro atoms. The molecule has 2 aliphatic heterocycles. The number of likely N-dealkylation sites (tertiary alicyclic amines) is 2. The van der Waals surface area contributed by atoms with Gasteiger partial charge < -0.3 is 39.9 Å². The van der Waals surface area contributed by atoms with E-state index < -0.39 is 18.2 Å². The quantitative estimate of drug-likeness (QED) is 0.0942. The Labute approximate surface area is 347 Å². The van der Waals surface area contributed by atoms with E-state index in [1.807, 2.05) is 43.0 Å². The highest BCUT2D eigenvalue weighted by molar-refractivity contribution is 7.18. The molecule has 15 nitrogen and oxygen atoms in total. The zero-order valence-corrected chi connectivity index (χ0v) is 34.8. The summed E-state index contributed by atoms with van der Waals surface area (Å²) in [5.41, 5.74) is 5.77. The van der Waals surface area contributed by atoms with E-state index >= 15 is 0 Å². The van der Waals surface area contributed by atoms with E-state index in [9.17, 15) is 19.2 Å².